The van der Waals surface area contributed by atoms with E-state index in [0.29, 0.717) is 12.8 Å². The molecule has 0 radical (unpaired) electrons. The number of carbonyl (C=O) groups is 1. The predicted molar refractivity (Wildman–Crippen MR) is 63.9 cm³/mol. The van der Waals surface area contributed by atoms with Crippen LogP contribution in [0.5, 0.6) is 0 Å². The molecule has 1 aliphatic rings. The number of hydrogen-bond donors (Lipinski definition) is 0. The molecule has 18 heavy (non-hydrogen) atoms. The standard InChI is InChI=1S/C12H11BrF3NO/c13-9-5-2-1-4-8(9)10-6-3-7-17(10)11(18)12(14,15)16/h1-2,4-5,10H,3,6-7H2/t10-/m1/s1. The quantitative estimate of drug-likeness (QED) is 0.772. The highest BCUT2D eigenvalue weighted by Gasteiger charge is 2.46. The van der Waals surface area contributed by atoms with Gasteiger partial charge in [-0.3, -0.25) is 4.79 Å². The van der Waals surface area contributed by atoms with Crippen LogP contribution in [0.1, 0.15) is 24.4 Å². The Morgan fingerprint density at radius 2 is 2.00 bits per heavy atom. The molecule has 0 unspecified atom stereocenters. The molecule has 2 nitrogen and oxygen atoms in total. The van der Waals surface area contributed by atoms with Crippen LogP contribution in [0.2, 0.25) is 0 Å². The highest BCUT2D eigenvalue weighted by atomic mass is 79.9. The first-order valence-corrected chi connectivity index (χ1v) is 6.33. The highest BCUT2D eigenvalue weighted by molar-refractivity contribution is 9.10. The van der Waals surface area contributed by atoms with Gasteiger partial charge in [-0.25, -0.2) is 0 Å². The largest absolute Gasteiger partial charge is 0.471 e. The van der Waals surface area contributed by atoms with E-state index < -0.39 is 18.1 Å². The van der Waals surface area contributed by atoms with E-state index in [2.05, 4.69) is 15.9 Å². The summed E-state index contributed by atoms with van der Waals surface area (Å²) >= 11 is 3.31. The Kier molecular flexibility index (Phi) is 3.66. The number of likely N-dealkylation sites (tertiary alicyclic amines) is 1. The summed E-state index contributed by atoms with van der Waals surface area (Å²) in [4.78, 5) is 12.3. The van der Waals surface area contributed by atoms with Crippen molar-refractivity contribution in [1.82, 2.24) is 4.90 Å². The van der Waals surface area contributed by atoms with Crippen LogP contribution in [0.25, 0.3) is 0 Å². The van der Waals surface area contributed by atoms with Gasteiger partial charge in [-0.15, -0.1) is 0 Å². The zero-order valence-corrected chi connectivity index (χ0v) is 11.0. The fourth-order valence-corrected chi connectivity index (χ4v) is 2.79. The number of benzene rings is 1. The molecule has 1 aromatic rings. The zero-order chi connectivity index (χ0) is 13.3. The number of nitrogens with zero attached hydrogens (tertiary/aromatic N) is 1. The van der Waals surface area contributed by atoms with Crippen molar-refractivity contribution in [2.45, 2.75) is 25.1 Å². The lowest BCUT2D eigenvalue weighted by Crippen LogP contribution is -2.40. The molecule has 2 rings (SSSR count). The smallest absolute Gasteiger partial charge is 0.328 e. The van der Waals surface area contributed by atoms with Gasteiger partial charge < -0.3 is 4.90 Å². The molecule has 1 heterocycles. The molecule has 1 aromatic carbocycles. The van der Waals surface area contributed by atoms with Gasteiger partial charge in [-0.05, 0) is 24.5 Å². The van der Waals surface area contributed by atoms with Gasteiger partial charge in [0, 0.05) is 11.0 Å². The molecule has 1 aliphatic heterocycles. The van der Waals surface area contributed by atoms with Gasteiger partial charge in [-0.1, -0.05) is 34.1 Å². The van der Waals surface area contributed by atoms with Crippen LogP contribution in [-0.2, 0) is 4.79 Å². The highest BCUT2D eigenvalue weighted by Crippen LogP contribution is 2.37. The maximum Gasteiger partial charge on any atom is 0.471 e. The van der Waals surface area contributed by atoms with E-state index in [1.165, 1.54) is 0 Å². The molecule has 1 amide bonds. The first-order chi connectivity index (χ1) is 8.41. The topological polar surface area (TPSA) is 20.3 Å². The van der Waals surface area contributed by atoms with E-state index in [0.717, 1.165) is 14.9 Å². The molecule has 0 aliphatic carbocycles. The predicted octanol–water partition coefficient (Wildman–Crippen LogP) is 3.67. The summed E-state index contributed by atoms with van der Waals surface area (Å²) in [7, 11) is 0. The summed E-state index contributed by atoms with van der Waals surface area (Å²) in [6.45, 7) is 0.157. The van der Waals surface area contributed by atoms with Gasteiger partial charge in [0.1, 0.15) is 0 Å². The number of halogens is 4. The van der Waals surface area contributed by atoms with Gasteiger partial charge in [0.2, 0.25) is 0 Å². The molecule has 0 bridgehead atoms. The van der Waals surface area contributed by atoms with Crippen molar-refractivity contribution >= 4 is 21.8 Å². The van der Waals surface area contributed by atoms with Crippen LogP contribution in [-0.4, -0.2) is 23.5 Å². The van der Waals surface area contributed by atoms with E-state index in [9.17, 15) is 18.0 Å². The Morgan fingerprint density at radius 1 is 1.33 bits per heavy atom. The molecule has 1 atom stereocenters. The van der Waals surface area contributed by atoms with Crippen molar-refractivity contribution in [2.75, 3.05) is 6.54 Å². The van der Waals surface area contributed by atoms with Crippen molar-refractivity contribution in [2.24, 2.45) is 0 Å². The molecule has 6 heteroatoms. The Balaban J connectivity index is 2.29. The molecule has 0 saturated carbocycles. The van der Waals surface area contributed by atoms with Gasteiger partial charge in [-0.2, -0.15) is 13.2 Å². The first kappa shape index (κ1) is 13.4. The molecule has 98 valence electrons. The summed E-state index contributed by atoms with van der Waals surface area (Å²) in [6, 6.07) is 6.57. The molecule has 0 spiro atoms. The summed E-state index contributed by atoms with van der Waals surface area (Å²) in [6.07, 6.45) is -3.65. The fraction of sp³-hybridized carbons (Fsp3) is 0.417. The number of alkyl halides is 3. The third kappa shape index (κ3) is 2.53. The number of amides is 1. The van der Waals surface area contributed by atoms with Gasteiger partial charge >= 0.3 is 12.1 Å². The zero-order valence-electron chi connectivity index (χ0n) is 9.38. The third-order valence-corrected chi connectivity index (χ3v) is 3.74. The van der Waals surface area contributed by atoms with Crippen molar-refractivity contribution < 1.29 is 18.0 Å². The molecule has 1 fully saturated rings. The van der Waals surface area contributed by atoms with Gasteiger partial charge in [0.15, 0.2) is 0 Å². The van der Waals surface area contributed by atoms with E-state index >= 15 is 0 Å². The van der Waals surface area contributed by atoms with Crippen molar-refractivity contribution in [3.63, 3.8) is 0 Å². The van der Waals surface area contributed by atoms with Crippen LogP contribution in [0.15, 0.2) is 28.7 Å². The molecular formula is C12H11BrF3NO. The monoisotopic (exact) mass is 321 g/mol. The lowest BCUT2D eigenvalue weighted by Gasteiger charge is -2.26. The second-order valence-corrected chi connectivity index (χ2v) is 5.03. The Bertz CT molecular complexity index is 461. The maximum atomic E-state index is 12.5. The Morgan fingerprint density at radius 3 is 2.61 bits per heavy atom. The fourth-order valence-electron chi connectivity index (χ4n) is 2.24. The van der Waals surface area contributed by atoms with E-state index in [-0.39, 0.29) is 6.54 Å². The summed E-state index contributed by atoms with van der Waals surface area (Å²) in [5.41, 5.74) is 0.729. The van der Waals surface area contributed by atoms with Crippen molar-refractivity contribution in [1.29, 1.82) is 0 Å². The maximum absolute atomic E-state index is 12.5. The summed E-state index contributed by atoms with van der Waals surface area (Å²) < 4.78 is 38.2. The average Bonchev–Trinajstić information content (AvgIpc) is 2.76. The van der Waals surface area contributed by atoms with E-state index in [1.807, 2.05) is 0 Å². The van der Waals surface area contributed by atoms with Crippen LogP contribution < -0.4 is 0 Å². The first-order valence-electron chi connectivity index (χ1n) is 5.53. The second kappa shape index (κ2) is 4.91. The Labute approximate surface area is 111 Å². The van der Waals surface area contributed by atoms with Crippen LogP contribution in [0, 0.1) is 0 Å². The molecule has 1 saturated heterocycles. The van der Waals surface area contributed by atoms with Crippen molar-refractivity contribution in [3.05, 3.63) is 34.3 Å². The van der Waals surface area contributed by atoms with Crippen molar-refractivity contribution in [3.8, 4) is 0 Å². The number of rotatable bonds is 1. The minimum absolute atomic E-state index is 0.157. The normalized spacial score (nSPS) is 20.2. The van der Waals surface area contributed by atoms with Gasteiger partial charge in [0.05, 0.1) is 6.04 Å². The average molecular weight is 322 g/mol. The SMILES string of the molecule is O=C(N1CCC[C@@H]1c1ccccc1Br)C(F)(F)F. The number of hydrogen-bond acceptors (Lipinski definition) is 1. The van der Waals surface area contributed by atoms with Crippen LogP contribution in [0.3, 0.4) is 0 Å². The third-order valence-electron chi connectivity index (χ3n) is 3.02. The Hall–Kier alpha value is -1.04. The minimum Gasteiger partial charge on any atom is -0.328 e. The molecule has 0 aromatic heterocycles. The van der Waals surface area contributed by atoms with Crippen LogP contribution in [0.4, 0.5) is 13.2 Å². The van der Waals surface area contributed by atoms with E-state index in [1.54, 1.807) is 24.3 Å². The lowest BCUT2D eigenvalue weighted by molar-refractivity contribution is -0.186. The molecular weight excluding hydrogens is 311 g/mol. The van der Waals surface area contributed by atoms with E-state index in [4.69, 9.17) is 0 Å². The lowest BCUT2D eigenvalue weighted by atomic mass is 10.0. The minimum atomic E-state index is -4.80. The molecule has 0 N–H and O–H groups in total. The van der Waals surface area contributed by atoms with Gasteiger partial charge in [0.25, 0.3) is 0 Å². The number of carbonyl (C=O) groups excluding carboxylic acids is 1. The summed E-state index contributed by atoms with van der Waals surface area (Å²) in [5, 5.41) is 0. The summed E-state index contributed by atoms with van der Waals surface area (Å²) in [5.74, 6) is -1.75. The second-order valence-electron chi connectivity index (χ2n) is 4.18. The van der Waals surface area contributed by atoms with Crippen LogP contribution >= 0.6 is 15.9 Å².